The summed E-state index contributed by atoms with van der Waals surface area (Å²) in [4.78, 5) is 24.4. The van der Waals surface area contributed by atoms with Gasteiger partial charge in [-0.2, -0.15) is 0 Å². The molecule has 0 aliphatic rings. The van der Waals surface area contributed by atoms with Gasteiger partial charge in [-0.1, -0.05) is 50.6 Å². The third kappa shape index (κ3) is 7.00. The average Bonchev–Trinajstić information content (AvgIpc) is 2.58. The number of rotatable bonds is 9. The van der Waals surface area contributed by atoms with Crippen molar-refractivity contribution in [3.8, 4) is 0 Å². The smallest absolute Gasteiger partial charge is 0.408 e. The maximum Gasteiger partial charge on any atom is 0.408 e. The van der Waals surface area contributed by atoms with Gasteiger partial charge >= 0.3 is 6.09 Å². The third-order valence-electron chi connectivity index (χ3n) is 3.79. The second kappa shape index (κ2) is 10.6. The van der Waals surface area contributed by atoms with Crippen molar-refractivity contribution in [3.05, 3.63) is 35.9 Å². The first-order chi connectivity index (χ1) is 11.5. The summed E-state index contributed by atoms with van der Waals surface area (Å²) in [5, 5.41) is 5.51. The standard InChI is InChI=1S/C18H28N2O4/c1-5-13(2)16(17(21)19-14(3)11-23-4)20-18(22)24-12-15-9-7-6-8-10-15/h6-10,13-14,16H,5,11-12H2,1-4H3,(H,19,21)(H,20,22)/t13-,14+,16+/m0/s1. The lowest BCUT2D eigenvalue weighted by molar-refractivity contribution is -0.125. The summed E-state index contributed by atoms with van der Waals surface area (Å²) in [6.45, 7) is 6.32. The van der Waals surface area contributed by atoms with Crippen LogP contribution in [0.15, 0.2) is 30.3 Å². The molecule has 3 atom stereocenters. The molecule has 0 bridgehead atoms. The summed E-state index contributed by atoms with van der Waals surface area (Å²) in [5.74, 6) is -0.241. The van der Waals surface area contributed by atoms with Gasteiger partial charge < -0.3 is 20.1 Å². The molecule has 134 valence electrons. The van der Waals surface area contributed by atoms with E-state index in [9.17, 15) is 9.59 Å². The van der Waals surface area contributed by atoms with E-state index in [1.54, 1.807) is 7.11 Å². The minimum atomic E-state index is -0.641. The van der Waals surface area contributed by atoms with Crippen LogP contribution in [0, 0.1) is 5.92 Å². The molecule has 0 unspecified atom stereocenters. The Morgan fingerprint density at radius 3 is 2.38 bits per heavy atom. The summed E-state index contributed by atoms with van der Waals surface area (Å²) < 4.78 is 10.2. The van der Waals surface area contributed by atoms with Crippen LogP contribution in [0.2, 0.25) is 0 Å². The molecule has 0 saturated carbocycles. The lowest BCUT2D eigenvalue weighted by Crippen LogP contribution is -2.52. The molecule has 0 spiro atoms. The molecule has 1 rings (SSSR count). The van der Waals surface area contributed by atoms with Crippen LogP contribution in [-0.4, -0.2) is 37.8 Å². The second-order valence-corrected chi connectivity index (χ2v) is 5.93. The number of nitrogens with one attached hydrogen (secondary N) is 2. The predicted octanol–water partition coefficient (Wildman–Crippen LogP) is 2.48. The predicted molar refractivity (Wildman–Crippen MR) is 92.5 cm³/mol. The maximum absolute atomic E-state index is 12.4. The molecule has 0 aromatic heterocycles. The lowest BCUT2D eigenvalue weighted by atomic mass is 9.98. The molecule has 24 heavy (non-hydrogen) atoms. The van der Waals surface area contributed by atoms with E-state index in [0.717, 1.165) is 12.0 Å². The number of alkyl carbamates (subject to hydrolysis) is 1. The Morgan fingerprint density at radius 2 is 1.79 bits per heavy atom. The van der Waals surface area contributed by atoms with Crippen LogP contribution in [0.5, 0.6) is 0 Å². The molecule has 0 fully saturated rings. The van der Waals surface area contributed by atoms with E-state index in [4.69, 9.17) is 9.47 Å². The minimum absolute atomic E-state index is 0.0102. The molecule has 1 aromatic rings. The van der Waals surface area contributed by atoms with Crippen LogP contribution in [0.25, 0.3) is 0 Å². The first kappa shape index (κ1) is 20.0. The SMILES string of the molecule is CC[C@H](C)[C@@H](NC(=O)OCc1ccccc1)C(=O)N[C@H](C)COC. The summed E-state index contributed by atoms with van der Waals surface area (Å²) in [6, 6.07) is 8.63. The van der Waals surface area contributed by atoms with Crippen molar-refractivity contribution in [1.29, 1.82) is 0 Å². The summed E-state index contributed by atoms with van der Waals surface area (Å²) in [7, 11) is 1.58. The molecular weight excluding hydrogens is 308 g/mol. The Morgan fingerprint density at radius 1 is 1.12 bits per heavy atom. The van der Waals surface area contributed by atoms with E-state index < -0.39 is 12.1 Å². The van der Waals surface area contributed by atoms with Crippen molar-refractivity contribution in [2.24, 2.45) is 5.92 Å². The Bertz CT molecular complexity index is 507. The number of methoxy groups -OCH3 is 1. The molecule has 0 heterocycles. The molecule has 0 saturated heterocycles. The van der Waals surface area contributed by atoms with Crippen LogP contribution in [0.3, 0.4) is 0 Å². The van der Waals surface area contributed by atoms with E-state index in [1.165, 1.54) is 0 Å². The van der Waals surface area contributed by atoms with E-state index in [-0.39, 0.29) is 24.5 Å². The van der Waals surface area contributed by atoms with Crippen LogP contribution in [0.4, 0.5) is 4.79 Å². The normalized spacial score (nSPS) is 14.3. The van der Waals surface area contributed by atoms with Crippen LogP contribution in [-0.2, 0) is 20.9 Å². The van der Waals surface area contributed by atoms with E-state index >= 15 is 0 Å². The van der Waals surface area contributed by atoms with Crippen LogP contribution >= 0.6 is 0 Å². The summed E-state index contributed by atoms with van der Waals surface area (Å²) in [5.41, 5.74) is 0.894. The number of amides is 2. The average molecular weight is 336 g/mol. The molecule has 2 N–H and O–H groups in total. The van der Waals surface area contributed by atoms with Crippen LogP contribution in [0.1, 0.15) is 32.8 Å². The highest BCUT2D eigenvalue weighted by Crippen LogP contribution is 2.09. The number of ether oxygens (including phenoxy) is 2. The minimum Gasteiger partial charge on any atom is -0.445 e. The molecule has 1 aromatic carbocycles. The molecule has 0 aliphatic carbocycles. The number of hydrogen-bond donors (Lipinski definition) is 2. The van der Waals surface area contributed by atoms with Crippen molar-refractivity contribution in [1.82, 2.24) is 10.6 Å². The third-order valence-corrected chi connectivity index (χ3v) is 3.79. The number of hydrogen-bond acceptors (Lipinski definition) is 4. The van der Waals surface area contributed by atoms with Gasteiger partial charge in [0.15, 0.2) is 0 Å². The van der Waals surface area contributed by atoms with Gasteiger partial charge in [-0.25, -0.2) is 4.79 Å². The van der Waals surface area contributed by atoms with Gasteiger partial charge in [-0.05, 0) is 18.4 Å². The van der Waals surface area contributed by atoms with Gasteiger partial charge in [0.1, 0.15) is 12.6 Å². The van der Waals surface area contributed by atoms with Gasteiger partial charge in [0.25, 0.3) is 0 Å². The van der Waals surface area contributed by atoms with E-state index in [1.807, 2.05) is 51.1 Å². The number of carbonyl (C=O) groups excluding carboxylic acids is 2. The highest BCUT2D eigenvalue weighted by molar-refractivity contribution is 5.86. The summed E-state index contributed by atoms with van der Waals surface area (Å²) in [6.07, 6.45) is 0.161. The Hall–Kier alpha value is -2.08. The maximum atomic E-state index is 12.4. The van der Waals surface area contributed by atoms with Gasteiger partial charge in [0.2, 0.25) is 5.91 Å². The molecule has 6 nitrogen and oxygen atoms in total. The van der Waals surface area contributed by atoms with Crippen molar-refractivity contribution in [2.45, 2.75) is 45.9 Å². The fourth-order valence-corrected chi connectivity index (χ4v) is 2.22. The van der Waals surface area contributed by atoms with Crippen molar-refractivity contribution < 1.29 is 19.1 Å². The van der Waals surface area contributed by atoms with Crippen LogP contribution < -0.4 is 10.6 Å². The molecule has 0 radical (unpaired) electrons. The zero-order chi connectivity index (χ0) is 17.9. The van der Waals surface area contributed by atoms with Gasteiger partial charge in [-0.15, -0.1) is 0 Å². The monoisotopic (exact) mass is 336 g/mol. The highest BCUT2D eigenvalue weighted by atomic mass is 16.5. The number of carbonyl (C=O) groups is 2. The van der Waals surface area contributed by atoms with Crippen molar-refractivity contribution in [2.75, 3.05) is 13.7 Å². The van der Waals surface area contributed by atoms with Gasteiger partial charge in [-0.3, -0.25) is 4.79 Å². The van der Waals surface area contributed by atoms with Gasteiger partial charge in [0, 0.05) is 13.2 Å². The first-order valence-electron chi connectivity index (χ1n) is 8.24. The molecular formula is C18H28N2O4. The Labute approximate surface area is 143 Å². The molecule has 0 aliphatic heterocycles. The quantitative estimate of drug-likeness (QED) is 0.726. The molecule has 6 heteroatoms. The zero-order valence-corrected chi connectivity index (χ0v) is 14.9. The number of benzene rings is 1. The largest absolute Gasteiger partial charge is 0.445 e. The Kier molecular flexibility index (Phi) is 8.86. The van der Waals surface area contributed by atoms with Crippen molar-refractivity contribution in [3.63, 3.8) is 0 Å². The first-order valence-corrected chi connectivity index (χ1v) is 8.24. The zero-order valence-electron chi connectivity index (χ0n) is 14.9. The second-order valence-electron chi connectivity index (χ2n) is 5.93. The molecule has 2 amide bonds. The fraction of sp³-hybridized carbons (Fsp3) is 0.556. The highest BCUT2D eigenvalue weighted by Gasteiger charge is 2.27. The van der Waals surface area contributed by atoms with Gasteiger partial charge in [0.05, 0.1) is 6.61 Å². The van der Waals surface area contributed by atoms with E-state index in [2.05, 4.69) is 10.6 Å². The van der Waals surface area contributed by atoms with E-state index in [0.29, 0.717) is 6.61 Å². The lowest BCUT2D eigenvalue weighted by Gasteiger charge is -2.25. The topological polar surface area (TPSA) is 76.7 Å². The Balaban J connectivity index is 2.58. The summed E-state index contributed by atoms with van der Waals surface area (Å²) >= 11 is 0. The van der Waals surface area contributed by atoms with Crippen molar-refractivity contribution >= 4 is 12.0 Å². The fourth-order valence-electron chi connectivity index (χ4n) is 2.22.